The van der Waals surface area contributed by atoms with E-state index in [1.807, 2.05) is 0 Å². The summed E-state index contributed by atoms with van der Waals surface area (Å²) < 4.78 is 39.9. The van der Waals surface area contributed by atoms with Gasteiger partial charge in [0.05, 0.1) is 12.1 Å². The molecule has 1 aliphatic carbocycles. The van der Waals surface area contributed by atoms with Gasteiger partial charge in [0.15, 0.2) is 5.96 Å². The maximum Gasteiger partial charge on any atom is 0.573 e. The number of hydrogen-bond donors (Lipinski definition) is 3. The van der Waals surface area contributed by atoms with E-state index in [1.54, 1.807) is 0 Å². The second-order valence-electron chi connectivity index (χ2n) is 5.68. The van der Waals surface area contributed by atoms with Crippen molar-refractivity contribution >= 4 is 29.9 Å². The zero-order valence-electron chi connectivity index (χ0n) is 13.0. The molecular formula is C15H21F3IN3O2. The van der Waals surface area contributed by atoms with Crippen LogP contribution in [0.2, 0.25) is 0 Å². The molecule has 4 N–H and O–H groups in total. The standard InChI is InChI=1S/C15H20F3N3O2.HI/c16-15(17,18)23-12-5-3-11(4-6-12)9-20-13(19)21-10-14(22)7-1-2-8-14;/h3-6,22H,1-2,7-10H2,(H3,19,20,21);1H. The minimum absolute atomic E-state index is 0. The molecule has 1 fully saturated rings. The quantitative estimate of drug-likeness (QED) is 0.360. The van der Waals surface area contributed by atoms with Gasteiger partial charge in [-0.1, -0.05) is 25.0 Å². The number of aliphatic imine (C=N–C) groups is 1. The number of guanidine groups is 1. The Morgan fingerprint density at radius 3 is 2.38 bits per heavy atom. The maximum absolute atomic E-state index is 12.1. The Kier molecular flexibility index (Phi) is 7.58. The van der Waals surface area contributed by atoms with E-state index in [0.29, 0.717) is 12.1 Å². The number of alkyl halides is 3. The van der Waals surface area contributed by atoms with Crippen LogP contribution in [0.1, 0.15) is 31.2 Å². The van der Waals surface area contributed by atoms with Crippen LogP contribution in [-0.2, 0) is 6.54 Å². The summed E-state index contributed by atoms with van der Waals surface area (Å²) in [5.41, 5.74) is 5.70. The van der Waals surface area contributed by atoms with Crippen molar-refractivity contribution in [3.63, 3.8) is 0 Å². The summed E-state index contributed by atoms with van der Waals surface area (Å²) in [5.74, 6) is -0.0827. The Morgan fingerprint density at radius 2 is 1.83 bits per heavy atom. The van der Waals surface area contributed by atoms with Crippen molar-refractivity contribution in [2.24, 2.45) is 10.7 Å². The molecule has 24 heavy (non-hydrogen) atoms. The summed E-state index contributed by atoms with van der Waals surface area (Å²) in [5, 5.41) is 13.1. The van der Waals surface area contributed by atoms with E-state index in [2.05, 4.69) is 15.0 Å². The van der Waals surface area contributed by atoms with Crippen LogP contribution in [-0.4, -0.2) is 29.6 Å². The molecule has 1 aromatic carbocycles. The van der Waals surface area contributed by atoms with Gasteiger partial charge in [-0.15, -0.1) is 37.1 Å². The zero-order valence-corrected chi connectivity index (χ0v) is 15.3. The van der Waals surface area contributed by atoms with E-state index in [1.165, 1.54) is 24.3 Å². The zero-order chi connectivity index (χ0) is 16.9. The van der Waals surface area contributed by atoms with Crippen molar-refractivity contribution in [3.8, 4) is 5.75 Å². The van der Waals surface area contributed by atoms with Gasteiger partial charge in [-0.2, -0.15) is 0 Å². The van der Waals surface area contributed by atoms with Crippen LogP contribution in [0, 0.1) is 0 Å². The molecule has 136 valence electrons. The fourth-order valence-electron chi connectivity index (χ4n) is 2.49. The van der Waals surface area contributed by atoms with Gasteiger partial charge in [0.2, 0.25) is 0 Å². The van der Waals surface area contributed by atoms with Crippen molar-refractivity contribution in [2.75, 3.05) is 6.54 Å². The van der Waals surface area contributed by atoms with E-state index in [0.717, 1.165) is 25.7 Å². The molecule has 0 atom stereocenters. The summed E-state index contributed by atoms with van der Waals surface area (Å²) in [6.45, 7) is 0.574. The third kappa shape index (κ3) is 7.12. The highest BCUT2D eigenvalue weighted by molar-refractivity contribution is 14.0. The highest BCUT2D eigenvalue weighted by atomic mass is 127. The first-order chi connectivity index (χ1) is 10.8. The Balaban J connectivity index is 0.00000288. The van der Waals surface area contributed by atoms with Crippen molar-refractivity contribution in [1.82, 2.24) is 5.32 Å². The van der Waals surface area contributed by atoms with E-state index < -0.39 is 12.0 Å². The SMILES string of the molecule is I.NC(=NCc1ccc(OC(F)(F)F)cc1)NCC1(O)CCCC1. The smallest absolute Gasteiger partial charge is 0.406 e. The van der Waals surface area contributed by atoms with Crippen LogP contribution in [0.3, 0.4) is 0 Å². The van der Waals surface area contributed by atoms with Gasteiger partial charge in [0, 0.05) is 6.54 Å². The molecule has 1 aromatic rings. The second kappa shape index (κ2) is 8.75. The molecule has 0 heterocycles. The fourth-order valence-corrected chi connectivity index (χ4v) is 2.49. The molecule has 1 saturated carbocycles. The highest BCUT2D eigenvalue weighted by Gasteiger charge is 2.31. The molecule has 0 saturated heterocycles. The van der Waals surface area contributed by atoms with E-state index >= 15 is 0 Å². The lowest BCUT2D eigenvalue weighted by Crippen LogP contribution is -2.43. The number of aliphatic hydroxyl groups is 1. The number of ether oxygens (including phenoxy) is 1. The first-order valence-corrected chi connectivity index (χ1v) is 7.37. The molecule has 9 heteroatoms. The van der Waals surface area contributed by atoms with Gasteiger partial charge in [0.25, 0.3) is 0 Å². The van der Waals surface area contributed by atoms with Crippen molar-refractivity contribution < 1.29 is 23.0 Å². The second-order valence-corrected chi connectivity index (χ2v) is 5.68. The fraction of sp³-hybridized carbons (Fsp3) is 0.533. The predicted molar refractivity (Wildman–Crippen MR) is 95.3 cm³/mol. The molecule has 0 unspecified atom stereocenters. The van der Waals surface area contributed by atoms with Crippen LogP contribution in [0.4, 0.5) is 13.2 Å². The van der Waals surface area contributed by atoms with Crippen LogP contribution < -0.4 is 15.8 Å². The maximum atomic E-state index is 12.1. The lowest BCUT2D eigenvalue weighted by atomic mass is 10.0. The van der Waals surface area contributed by atoms with Gasteiger partial charge in [-0.25, -0.2) is 4.99 Å². The molecule has 0 spiro atoms. The summed E-state index contributed by atoms with van der Waals surface area (Å²) in [7, 11) is 0. The first kappa shape index (κ1) is 20.8. The number of halogens is 4. The van der Waals surface area contributed by atoms with E-state index in [9.17, 15) is 18.3 Å². The monoisotopic (exact) mass is 459 g/mol. The Hall–Kier alpha value is -1.23. The number of benzene rings is 1. The Morgan fingerprint density at radius 1 is 1.25 bits per heavy atom. The number of nitrogens with two attached hydrogens (primary N) is 1. The average Bonchev–Trinajstić information content (AvgIpc) is 2.90. The molecule has 0 bridgehead atoms. The van der Waals surface area contributed by atoms with E-state index in [4.69, 9.17) is 5.73 Å². The molecular weight excluding hydrogens is 438 g/mol. The van der Waals surface area contributed by atoms with Crippen LogP contribution in [0.15, 0.2) is 29.3 Å². The number of rotatable bonds is 5. The molecule has 0 aliphatic heterocycles. The molecule has 1 aliphatic rings. The Bertz CT molecular complexity index is 544. The normalized spacial score (nSPS) is 17.2. The van der Waals surface area contributed by atoms with Crippen molar-refractivity contribution in [3.05, 3.63) is 29.8 Å². The van der Waals surface area contributed by atoms with Gasteiger partial charge in [-0.05, 0) is 30.5 Å². The molecule has 0 radical (unpaired) electrons. The summed E-state index contributed by atoms with van der Waals surface area (Å²) >= 11 is 0. The topological polar surface area (TPSA) is 79.9 Å². The Labute approximate surface area is 155 Å². The molecule has 0 amide bonds. The van der Waals surface area contributed by atoms with Gasteiger partial charge in [-0.3, -0.25) is 0 Å². The average molecular weight is 459 g/mol. The molecule has 5 nitrogen and oxygen atoms in total. The van der Waals surface area contributed by atoms with Crippen LogP contribution >= 0.6 is 24.0 Å². The number of nitrogens with zero attached hydrogens (tertiary/aromatic N) is 1. The minimum atomic E-state index is -4.70. The third-order valence-electron chi connectivity index (χ3n) is 3.72. The first-order valence-electron chi connectivity index (χ1n) is 7.37. The van der Waals surface area contributed by atoms with Crippen LogP contribution in [0.5, 0.6) is 5.75 Å². The largest absolute Gasteiger partial charge is 0.573 e. The molecule has 0 aromatic heterocycles. The highest BCUT2D eigenvalue weighted by Crippen LogP contribution is 2.28. The van der Waals surface area contributed by atoms with Crippen LogP contribution in [0.25, 0.3) is 0 Å². The lowest BCUT2D eigenvalue weighted by molar-refractivity contribution is -0.274. The van der Waals surface area contributed by atoms with Crippen molar-refractivity contribution in [1.29, 1.82) is 0 Å². The van der Waals surface area contributed by atoms with Gasteiger partial charge in [0.1, 0.15) is 5.75 Å². The number of nitrogens with one attached hydrogen (secondary N) is 1. The summed E-state index contributed by atoms with van der Waals surface area (Å²) in [6.07, 6.45) is -1.21. The number of hydrogen-bond acceptors (Lipinski definition) is 3. The lowest BCUT2D eigenvalue weighted by Gasteiger charge is -2.22. The minimum Gasteiger partial charge on any atom is -0.406 e. The predicted octanol–water partition coefficient (Wildman–Crippen LogP) is 2.91. The summed E-state index contributed by atoms with van der Waals surface area (Å²) in [6, 6.07) is 5.43. The van der Waals surface area contributed by atoms with Gasteiger partial charge >= 0.3 is 6.36 Å². The third-order valence-corrected chi connectivity index (χ3v) is 3.72. The van der Waals surface area contributed by atoms with E-state index in [-0.39, 0.29) is 42.2 Å². The van der Waals surface area contributed by atoms with Gasteiger partial charge < -0.3 is 20.9 Å². The summed E-state index contributed by atoms with van der Waals surface area (Å²) in [4.78, 5) is 4.10. The van der Waals surface area contributed by atoms with Crippen molar-refractivity contribution in [2.45, 2.75) is 44.2 Å². The molecule has 2 rings (SSSR count).